The van der Waals surface area contributed by atoms with Gasteiger partial charge in [-0.15, -0.1) is 0 Å². The van der Waals surface area contributed by atoms with Crippen LogP contribution in [0.25, 0.3) is 0 Å². The zero-order chi connectivity index (χ0) is 16.3. The van der Waals surface area contributed by atoms with Crippen LogP contribution in [0.2, 0.25) is 5.02 Å². The topological polar surface area (TPSA) is 54.9 Å². The van der Waals surface area contributed by atoms with Crippen LogP contribution in [0.1, 0.15) is 19.3 Å². The highest BCUT2D eigenvalue weighted by Crippen LogP contribution is 2.28. The van der Waals surface area contributed by atoms with Crippen molar-refractivity contribution in [3.8, 4) is 5.75 Å². The summed E-state index contributed by atoms with van der Waals surface area (Å²) in [5, 5.41) is 7.19. The van der Waals surface area contributed by atoms with Crippen molar-refractivity contribution in [2.45, 2.75) is 19.3 Å². The molecule has 0 saturated heterocycles. The fourth-order valence-corrected chi connectivity index (χ4v) is 2.13. The molecular formula is C17H26ClN3O2. The molecule has 1 aromatic carbocycles. The third kappa shape index (κ3) is 8.09. The summed E-state index contributed by atoms with van der Waals surface area (Å²) in [6, 6.07) is 7.35. The summed E-state index contributed by atoms with van der Waals surface area (Å²) in [7, 11) is 1.76. The van der Waals surface area contributed by atoms with Crippen LogP contribution in [0, 0.1) is 5.92 Å². The lowest BCUT2D eigenvalue weighted by atomic mass is 10.3. The van der Waals surface area contributed by atoms with Crippen molar-refractivity contribution in [1.29, 1.82) is 0 Å². The summed E-state index contributed by atoms with van der Waals surface area (Å²) < 4.78 is 11.2. The van der Waals surface area contributed by atoms with Crippen LogP contribution in [-0.4, -0.2) is 45.9 Å². The van der Waals surface area contributed by atoms with Crippen molar-refractivity contribution in [2.24, 2.45) is 10.9 Å². The van der Waals surface area contributed by atoms with Gasteiger partial charge in [0, 0.05) is 31.8 Å². The molecule has 0 atom stereocenters. The van der Waals surface area contributed by atoms with Crippen molar-refractivity contribution < 1.29 is 9.47 Å². The van der Waals surface area contributed by atoms with Crippen LogP contribution >= 0.6 is 11.6 Å². The molecule has 1 aliphatic rings. The number of hydrogen-bond donors (Lipinski definition) is 2. The van der Waals surface area contributed by atoms with Gasteiger partial charge in [-0.2, -0.15) is 0 Å². The smallest absolute Gasteiger partial charge is 0.191 e. The maximum atomic E-state index is 5.83. The first-order chi connectivity index (χ1) is 11.3. The molecular weight excluding hydrogens is 314 g/mol. The first kappa shape index (κ1) is 17.9. The highest BCUT2D eigenvalue weighted by atomic mass is 35.5. The van der Waals surface area contributed by atoms with E-state index in [0.29, 0.717) is 18.2 Å². The summed E-state index contributed by atoms with van der Waals surface area (Å²) in [6.07, 6.45) is 3.66. The third-order valence-electron chi connectivity index (χ3n) is 3.51. The molecule has 6 heteroatoms. The van der Waals surface area contributed by atoms with Crippen molar-refractivity contribution in [1.82, 2.24) is 10.6 Å². The van der Waals surface area contributed by atoms with Crippen molar-refractivity contribution in [3.05, 3.63) is 29.3 Å². The fraction of sp³-hybridized carbons (Fsp3) is 0.588. The standard InChI is InChI=1S/C17H26ClN3O2/c1-19-17(20-9-2-11-22-13-14-3-4-14)21-10-12-23-16-7-5-15(18)6-8-16/h5-8,14H,2-4,9-13H2,1H3,(H2,19,20,21). The summed E-state index contributed by atoms with van der Waals surface area (Å²) in [5.41, 5.74) is 0. The molecule has 0 bridgehead atoms. The Labute approximate surface area is 143 Å². The molecule has 0 radical (unpaired) electrons. The Hall–Kier alpha value is -1.46. The molecule has 128 valence electrons. The van der Waals surface area contributed by atoms with E-state index in [9.17, 15) is 0 Å². The van der Waals surface area contributed by atoms with E-state index in [4.69, 9.17) is 21.1 Å². The number of aliphatic imine (C=N–C) groups is 1. The predicted octanol–water partition coefficient (Wildman–Crippen LogP) is 2.70. The number of nitrogens with one attached hydrogen (secondary N) is 2. The number of nitrogens with zero attached hydrogens (tertiary/aromatic N) is 1. The highest BCUT2D eigenvalue weighted by molar-refractivity contribution is 6.30. The van der Waals surface area contributed by atoms with E-state index < -0.39 is 0 Å². The number of hydrogen-bond acceptors (Lipinski definition) is 3. The van der Waals surface area contributed by atoms with E-state index in [0.717, 1.165) is 43.8 Å². The van der Waals surface area contributed by atoms with E-state index in [1.807, 2.05) is 24.3 Å². The lowest BCUT2D eigenvalue weighted by Gasteiger charge is -2.12. The van der Waals surface area contributed by atoms with Gasteiger partial charge in [-0.05, 0) is 49.4 Å². The lowest BCUT2D eigenvalue weighted by molar-refractivity contribution is 0.123. The molecule has 0 aromatic heterocycles. The third-order valence-corrected chi connectivity index (χ3v) is 3.76. The van der Waals surface area contributed by atoms with Crippen LogP contribution in [0.3, 0.4) is 0 Å². The summed E-state index contributed by atoms with van der Waals surface area (Å²) in [6.45, 7) is 3.82. The molecule has 0 amide bonds. The van der Waals surface area contributed by atoms with Gasteiger partial charge in [-0.25, -0.2) is 0 Å². The Bertz CT molecular complexity index is 475. The van der Waals surface area contributed by atoms with Crippen LogP contribution in [0.4, 0.5) is 0 Å². The van der Waals surface area contributed by atoms with Gasteiger partial charge in [0.1, 0.15) is 12.4 Å². The minimum atomic E-state index is 0.562. The molecule has 5 nitrogen and oxygen atoms in total. The minimum absolute atomic E-state index is 0.562. The number of rotatable bonds is 10. The second-order valence-electron chi connectivity index (χ2n) is 5.60. The van der Waals surface area contributed by atoms with Gasteiger partial charge in [0.25, 0.3) is 0 Å². The average Bonchev–Trinajstić information content (AvgIpc) is 3.38. The molecule has 2 rings (SSSR count). The van der Waals surface area contributed by atoms with Gasteiger partial charge in [0.15, 0.2) is 5.96 Å². The van der Waals surface area contributed by atoms with Gasteiger partial charge in [0.05, 0.1) is 6.54 Å². The molecule has 1 fully saturated rings. The molecule has 0 unspecified atom stereocenters. The maximum Gasteiger partial charge on any atom is 0.191 e. The summed E-state index contributed by atoms with van der Waals surface area (Å²) in [5.74, 6) is 2.43. The molecule has 1 aliphatic carbocycles. The molecule has 23 heavy (non-hydrogen) atoms. The van der Waals surface area contributed by atoms with E-state index in [-0.39, 0.29) is 0 Å². The van der Waals surface area contributed by atoms with Crippen LogP contribution < -0.4 is 15.4 Å². The number of benzene rings is 1. The Morgan fingerprint density at radius 1 is 1.17 bits per heavy atom. The molecule has 1 aromatic rings. The zero-order valence-corrected chi connectivity index (χ0v) is 14.4. The van der Waals surface area contributed by atoms with Gasteiger partial charge in [0.2, 0.25) is 0 Å². The first-order valence-corrected chi connectivity index (χ1v) is 8.56. The van der Waals surface area contributed by atoms with Crippen molar-refractivity contribution in [3.63, 3.8) is 0 Å². The van der Waals surface area contributed by atoms with E-state index in [1.54, 1.807) is 7.05 Å². The maximum absolute atomic E-state index is 5.83. The van der Waals surface area contributed by atoms with Gasteiger partial charge >= 0.3 is 0 Å². The summed E-state index contributed by atoms with van der Waals surface area (Å²) >= 11 is 5.83. The molecule has 1 saturated carbocycles. The SMILES string of the molecule is CN=C(NCCCOCC1CC1)NCCOc1ccc(Cl)cc1. The quantitative estimate of drug-likeness (QED) is 0.391. The Balaban J connectivity index is 1.47. The fourth-order valence-electron chi connectivity index (χ4n) is 2.01. The van der Waals surface area contributed by atoms with Gasteiger partial charge < -0.3 is 20.1 Å². The molecule has 0 aliphatic heterocycles. The molecule has 2 N–H and O–H groups in total. The monoisotopic (exact) mass is 339 g/mol. The largest absolute Gasteiger partial charge is 0.492 e. The van der Waals surface area contributed by atoms with Crippen molar-refractivity contribution in [2.75, 3.05) is 40.0 Å². The van der Waals surface area contributed by atoms with E-state index >= 15 is 0 Å². The zero-order valence-electron chi connectivity index (χ0n) is 13.7. The van der Waals surface area contributed by atoms with Crippen molar-refractivity contribution >= 4 is 17.6 Å². The Kier molecular flexibility index (Phi) is 8.04. The minimum Gasteiger partial charge on any atom is -0.492 e. The van der Waals surface area contributed by atoms with Crippen LogP contribution in [-0.2, 0) is 4.74 Å². The number of ether oxygens (including phenoxy) is 2. The normalized spacial score (nSPS) is 14.6. The average molecular weight is 340 g/mol. The van der Waals surface area contributed by atoms with E-state index in [1.165, 1.54) is 12.8 Å². The second-order valence-corrected chi connectivity index (χ2v) is 6.04. The lowest BCUT2D eigenvalue weighted by Crippen LogP contribution is -2.39. The predicted molar refractivity (Wildman–Crippen MR) is 94.5 cm³/mol. The van der Waals surface area contributed by atoms with Gasteiger partial charge in [-0.1, -0.05) is 11.6 Å². The first-order valence-electron chi connectivity index (χ1n) is 8.18. The van der Waals surface area contributed by atoms with Crippen LogP contribution in [0.15, 0.2) is 29.3 Å². The van der Waals surface area contributed by atoms with Crippen LogP contribution in [0.5, 0.6) is 5.75 Å². The Morgan fingerprint density at radius 3 is 2.61 bits per heavy atom. The Morgan fingerprint density at radius 2 is 1.91 bits per heavy atom. The number of halogens is 1. The summed E-state index contributed by atoms with van der Waals surface area (Å²) in [4.78, 5) is 4.18. The highest BCUT2D eigenvalue weighted by Gasteiger charge is 2.20. The molecule has 0 heterocycles. The number of guanidine groups is 1. The molecule has 0 spiro atoms. The van der Waals surface area contributed by atoms with Gasteiger partial charge in [-0.3, -0.25) is 4.99 Å². The van der Waals surface area contributed by atoms with E-state index in [2.05, 4.69) is 15.6 Å². The second kappa shape index (κ2) is 10.3.